The second-order valence-corrected chi connectivity index (χ2v) is 4.33. The molecule has 0 aromatic carbocycles. The Hall–Kier alpha value is -0.570. The van der Waals surface area contributed by atoms with Gasteiger partial charge in [0, 0.05) is 12.5 Å². The Labute approximate surface area is 92.8 Å². The summed E-state index contributed by atoms with van der Waals surface area (Å²) < 4.78 is 4.91. The Morgan fingerprint density at radius 1 is 1.47 bits per heavy atom. The summed E-state index contributed by atoms with van der Waals surface area (Å²) >= 11 is 0. The molecular formula is C12H23NO2. The maximum atomic E-state index is 11.1. The zero-order valence-corrected chi connectivity index (χ0v) is 10.00. The maximum Gasteiger partial charge on any atom is 0.305 e. The molecule has 1 heterocycles. The predicted molar refractivity (Wildman–Crippen MR) is 60.8 cm³/mol. The Balaban J connectivity index is 2.10. The summed E-state index contributed by atoms with van der Waals surface area (Å²) in [5.41, 5.74) is 0. The van der Waals surface area contributed by atoms with Gasteiger partial charge in [-0.1, -0.05) is 6.42 Å². The first-order valence-electron chi connectivity index (χ1n) is 6.10. The first-order valence-corrected chi connectivity index (χ1v) is 6.10. The van der Waals surface area contributed by atoms with Crippen LogP contribution in [-0.4, -0.2) is 37.1 Å². The average molecular weight is 213 g/mol. The molecule has 3 nitrogen and oxygen atoms in total. The van der Waals surface area contributed by atoms with Gasteiger partial charge in [0.25, 0.3) is 0 Å². The lowest BCUT2D eigenvalue weighted by atomic mass is 9.98. The summed E-state index contributed by atoms with van der Waals surface area (Å²) in [6.07, 6.45) is 6.64. The number of esters is 1. The van der Waals surface area contributed by atoms with Gasteiger partial charge in [-0.25, -0.2) is 0 Å². The largest absolute Gasteiger partial charge is 0.466 e. The van der Waals surface area contributed by atoms with Crippen LogP contribution in [0, 0.1) is 0 Å². The van der Waals surface area contributed by atoms with Crippen molar-refractivity contribution in [2.75, 3.05) is 20.2 Å². The number of ether oxygens (including phenoxy) is 1. The van der Waals surface area contributed by atoms with Gasteiger partial charge in [0.1, 0.15) is 0 Å². The van der Waals surface area contributed by atoms with Crippen molar-refractivity contribution in [3.63, 3.8) is 0 Å². The van der Waals surface area contributed by atoms with Crippen molar-refractivity contribution in [3.05, 3.63) is 0 Å². The topological polar surface area (TPSA) is 29.5 Å². The second kappa shape index (κ2) is 6.83. The van der Waals surface area contributed by atoms with Crippen LogP contribution >= 0.6 is 0 Å². The highest BCUT2D eigenvalue weighted by atomic mass is 16.5. The number of carbonyl (C=O) groups is 1. The maximum absolute atomic E-state index is 11.1. The molecule has 15 heavy (non-hydrogen) atoms. The molecule has 1 fully saturated rings. The second-order valence-electron chi connectivity index (χ2n) is 4.33. The highest BCUT2D eigenvalue weighted by molar-refractivity contribution is 5.69. The quantitative estimate of drug-likeness (QED) is 0.656. The van der Waals surface area contributed by atoms with Crippen LogP contribution in [0.4, 0.5) is 0 Å². The van der Waals surface area contributed by atoms with E-state index >= 15 is 0 Å². The Bertz CT molecular complexity index is 194. The molecule has 0 aromatic rings. The van der Waals surface area contributed by atoms with E-state index in [2.05, 4.69) is 11.9 Å². The van der Waals surface area contributed by atoms with Gasteiger partial charge in [-0.2, -0.15) is 0 Å². The Morgan fingerprint density at radius 3 is 2.93 bits per heavy atom. The van der Waals surface area contributed by atoms with Gasteiger partial charge in [0.15, 0.2) is 0 Å². The van der Waals surface area contributed by atoms with Crippen LogP contribution in [0.25, 0.3) is 0 Å². The first kappa shape index (κ1) is 12.5. The molecule has 1 unspecified atom stereocenters. The zero-order chi connectivity index (χ0) is 11.1. The lowest BCUT2D eigenvalue weighted by Gasteiger charge is -2.32. The van der Waals surface area contributed by atoms with E-state index in [0.29, 0.717) is 19.1 Å². The number of hydrogen-bond acceptors (Lipinski definition) is 3. The minimum atomic E-state index is -0.0454. The van der Waals surface area contributed by atoms with E-state index in [1.54, 1.807) is 0 Å². The molecule has 3 heteroatoms. The van der Waals surface area contributed by atoms with Crippen LogP contribution < -0.4 is 0 Å². The highest BCUT2D eigenvalue weighted by Crippen LogP contribution is 2.19. The third-order valence-electron chi connectivity index (χ3n) is 3.15. The Morgan fingerprint density at radius 2 is 2.27 bits per heavy atom. The number of hydrogen-bond donors (Lipinski definition) is 0. The minimum Gasteiger partial charge on any atom is -0.466 e. The SMILES string of the molecule is CCOC(=O)CCCC1CCCCN1C. The van der Waals surface area contributed by atoms with Crippen molar-refractivity contribution in [2.24, 2.45) is 0 Å². The van der Waals surface area contributed by atoms with E-state index in [1.165, 1.54) is 25.8 Å². The average Bonchev–Trinajstić information content (AvgIpc) is 2.21. The number of piperidine rings is 1. The van der Waals surface area contributed by atoms with E-state index in [-0.39, 0.29) is 5.97 Å². The standard InChI is InChI=1S/C12H23NO2/c1-3-15-12(14)9-6-8-11-7-4-5-10-13(11)2/h11H,3-10H2,1-2H3. The lowest BCUT2D eigenvalue weighted by Crippen LogP contribution is -2.36. The fourth-order valence-corrected chi connectivity index (χ4v) is 2.22. The molecule has 0 saturated carbocycles. The molecule has 0 bridgehead atoms. The monoisotopic (exact) mass is 213 g/mol. The van der Waals surface area contributed by atoms with E-state index in [0.717, 1.165) is 12.8 Å². The van der Waals surface area contributed by atoms with Gasteiger partial charge < -0.3 is 9.64 Å². The number of nitrogens with zero attached hydrogens (tertiary/aromatic N) is 1. The van der Waals surface area contributed by atoms with E-state index in [4.69, 9.17) is 4.74 Å². The van der Waals surface area contributed by atoms with Crippen LogP contribution in [-0.2, 0) is 9.53 Å². The van der Waals surface area contributed by atoms with Crippen molar-refractivity contribution in [1.82, 2.24) is 4.90 Å². The molecule has 0 aliphatic carbocycles. The molecule has 1 rings (SSSR count). The smallest absolute Gasteiger partial charge is 0.305 e. The zero-order valence-electron chi connectivity index (χ0n) is 10.00. The van der Waals surface area contributed by atoms with Gasteiger partial charge >= 0.3 is 5.97 Å². The highest BCUT2D eigenvalue weighted by Gasteiger charge is 2.18. The molecule has 1 atom stereocenters. The molecule has 0 radical (unpaired) electrons. The number of likely N-dealkylation sites (tertiary alicyclic amines) is 1. The van der Waals surface area contributed by atoms with Crippen LogP contribution in [0.5, 0.6) is 0 Å². The van der Waals surface area contributed by atoms with Gasteiger partial charge in [-0.05, 0) is 46.2 Å². The lowest BCUT2D eigenvalue weighted by molar-refractivity contribution is -0.143. The molecule has 1 aliphatic heterocycles. The van der Waals surface area contributed by atoms with Crippen LogP contribution in [0.1, 0.15) is 45.4 Å². The van der Waals surface area contributed by atoms with Gasteiger partial charge in [0.05, 0.1) is 6.61 Å². The van der Waals surface area contributed by atoms with Crippen molar-refractivity contribution in [3.8, 4) is 0 Å². The fraction of sp³-hybridized carbons (Fsp3) is 0.917. The summed E-state index contributed by atoms with van der Waals surface area (Å²) in [7, 11) is 2.19. The third kappa shape index (κ3) is 4.65. The summed E-state index contributed by atoms with van der Waals surface area (Å²) in [5, 5.41) is 0. The van der Waals surface area contributed by atoms with Crippen molar-refractivity contribution < 1.29 is 9.53 Å². The molecule has 0 N–H and O–H groups in total. The van der Waals surface area contributed by atoms with Crippen LogP contribution in [0.2, 0.25) is 0 Å². The van der Waals surface area contributed by atoms with E-state index in [1.807, 2.05) is 6.92 Å². The molecule has 88 valence electrons. The van der Waals surface area contributed by atoms with Crippen molar-refractivity contribution in [1.29, 1.82) is 0 Å². The summed E-state index contributed by atoms with van der Waals surface area (Å²) in [4.78, 5) is 13.6. The van der Waals surface area contributed by atoms with E-state index < -0.39 is 0 Å². The summed E-state index contributed by atoms with van der Waals surface area (Å²) in [5.74, 6) is -0.0454. The molecule has 0 aromatic heterocycles. The van der Waals surface area contributed by atoms with Crippen molar-refractivity contribution >= 4 is 5.97 Å². The summed E-state index contributed by atoms with van der Waals surface area (Å²) in [6, 6.07) is 0.688. The first-order chi connectivity index (χ1) is 7.24. The normalized spacial score (nSPS) is 22.7. The fourth-order valence-electron chi connectivity index (χ4n) is 2.22. The van der Waals surface area contributed by atoms with Crippen LogP contribution in [0.3, 0.4) is 0 Å². The third-order valence-corrected chi connectivity index (χ3v) is 3.15. The van der Waals surface area contributed by atoms with E-state index in [9.17, 15) is 4.79 Å². The molecular weight excluding hydrogens is 190 g/mol. The molecule has 0 amide bonds. The summed E-state index contributed by atoms with van der Waals surface area (Å²) in [6.45, 7) is 3.57. The van der Waals surface area contributed by atoms with Gasteiger partial charge in [0.2, 0.25) is 0 Å². The number of carbonyl (C=O) groups excluding carboxylic acids is 1. The van der Waals surface area contributed by atoms with Crippen LogP contribution in [0.15, 0.2) is 0 Å². The minimum absolute atomic E-state index is 0.0454. The van der Waals surface area contributed by atoms with Crippen molar-refractivity contribution in [2.45, 2.75) is 51.5 Å². The predicted octanol–water partition coefficient (Wildman–Crippen LogP) is 2.20. The van der Waals surface area contributed by atoms with Gasteiger partial charge in [-0.3, -0.25) is 4.79 Å². The molecule has 1 aliphatic rings. The molecule has 1 saturated heterocycles. The Kier molecular flexibility index (Phi) is 5.69. The van der Waals surface area contributed by atoms with Gasteiger partial charge in [-0.15, -0.1) is 0 Å². The number of rotatable bonds is 5. The molecule has 0 spiro atoms.